The maximum Gasteiger partial charge on any atom is 0.0294 e. The lowest BCUT2D eigenvalue weighted by atomic mass is 9.91. The predicted molar refractivity (Wildman–Crippen MR) is 189 cm³/mol. The molecular formula is C37H92. The molecule has 0 aromatic rings. The van der Waals surface area contributed by atoms with Crippen LogP contribution in [0.25, 0.3) is 0 Å². The van der Waals surface area contributed by atoms with Crippen LogP contribution in [-0.4, -0.2) is 0 Å². The minimum Gasteiger partial charge on any atom is -0.0683 e. The van der Waals surface area contributed by atoms with Crippen LogP contribution in [0.5, 0.6) is 0 Å². The van der Waals surface area contributed by atoms with Crippen molar-refractivity contribution in [3.05, 3.63) is 0 Å². The molecule has 1 aliphatic carbocycles. The first kappa shape index (κ1) is 15.3. The average Bonchev–Trinajstić information content (AvgIpc) is 2.97. The monoisotopic (exact) mass is 565 g/mol. The summed E-state index contributed by atoms with van der Waals surface area (Å²) in [5.74, 6) is -1.74. The van der Waals surface area contributed by atoms with Gasteiger partial charge in [-0.3, -0.25) is 0 Å². The highest BCUT2D eigenvalue weighted by atomic mass is 14.1. The van der Waals surface area contributed by atoms with E-state index in [9.17, 15) is 0 Å². The fourth-order valence-corrected chi connectivity index (χ4v) is 1.31. The first-order chi connectivity index (χ1) is 27.7. The van der Waals surface area contributed by atoms with Gasteiger partial charge < -0.3 is 0 Å². The molecule has 1 rings (SSSR count). The highest BCUT2D eigenvalue weighted by Gasteiger charge is 2.05. The molecule has 0 heteroatoms. The summed E-state index contributed by atoms with van der Waals surface area (Å²) < 4.78 is 189. The van der Waals surface area contributed by atoms with Crippen molar-refractivity contribution < 1.29 is 38.4 Å². The highest BCUT2D eigenvalue weighted by molar-refractivity contribution is 4.59. The average molecular weight is 565 g/mol. The van der Waals surface area contributed by atoms with Crippen molar-refractivity contribution in [2.24, 2.45) is 34.5 Å². The zero-order valence-corrected chi connectivity index (χ0v) is 28.1. The smallest absolute Gasteiger partial charge is 0.0294 e. The van der Waals surface area contributed by atoms with E-state index in [4.69, 9.17) is 38.4 Å². The van der Waals surface area contributed by atoms with Gasteiger partial charge in [-0.25, -0.2) is 0 Å². The van der Waals surface area contributed by atoms with Crippen molar-refractivity contribution in [1.29, 1.82) is 0 Å². The molecule has 1 saturated carbocycles. The van der Waals surface area contributed by atoms with Crippen molar-refractivity contribution in [1.82, 2.24) is 0 Å². The van der Waals surface area contributed by atoms with Crippen LogP contribution < -0.4 is 0 Å². The topological polar surface area (TPSA) is 0 Å². The number of hydrogen-bond donors (Lipinski definition) is 0. The molecule has 1 aliphatic rings. The summed E-state index contributed by atoms with van der Waals surface area (Å²) in [5.41, 5.74) is -2.19. The van der Waals surface area contributed by atoms with Gasteiger partial charge in [0.05, 0.1) is 0 Å². The van der Waals surface area contributed by atoms with Gasteiger partial charge in [0.15, 0.2) is 0 Å². The van der Waals surface area contributed by atoms with E-state index in [-0.39, 0.29) is 0 Å². The van der Waals surface area contributed by atoms with Crippen molar-refractivity contribution >= 4 is 0 Å². The first-order valence-electron chi connectivity index (χ1n) is 27.7. The Labute approximate surface area is 285 Å². The lowest BCUT2D eigenvalue weighted by Gasteiger charge is -2.15. The Morgan fingerprint density at radius 3 is 0.946 bits per heavy atom. The SMILES string of the molecule is CC.CC(C)(C)C.CC(C)C.CC1CCCCC1.[2H]C([2H])([2H])C.[2H]C([2H])([2H])C(C)(C([2H])([2H])[2H])C([2H])([2H])[2H].[2H]C([2H])([2H])C(C)C([2H])([2H])[2H].[2H]C([2H])([2H])C([2H])(C)C([2H])([2H])[2H].[2H]C([2H])C.[2H]CC. The standard InChI is InChI=1S/C7H14.2C5H12.3C4H10.4C2H6/c1-7-5-3-2-4-6-7;2*1-5(2,3)4;3*1-4(2)3;4*1-2/h7H,2-6H2,1H3;2*1-4H3;3*4H,1-3H3;4*1-2H3/i;1D3,2D3,3D3;;1D3,2D3,4D;1D3,2D3;;1D3;1D2;1D;. The Morgan fingerprint density at radius 2 is 0.892 bits per heavy atom. The first-order valence-corrected chi connectivity index (χ1v) is 13.3. The summed E-state index contributed by atoms with van der Waals surface area (Å²) in [5, 5.41) is 0. The third-order valence-corrected chi connectivity index (χ3v) is 1.89. The fourth-order valence-electron chi connectivity index (χ4n) is 1.31. The van der Waals surface area contributed by atoms with E-state index in [2.05, 4.69) is 55.4 Å². The molecule has 37 heavy (non-hydrogen) atoms. The largest absolute Gasteiger partial charge is 0.0683 e. The summed E-state index contributed by atoms with van der Waals surface area (Å²) >= 11 is 0. The summed E-state index contributed by atoms with van der Waals surface area (Å²) in [6.07, 6.45) is 7.44. The van der Waals surface area contributed by atoms with Gasteiger partial charge in [-0.05, 0) is 34.5 Å². The molecular weight excluding hydrogens is 444 g/mol. The Morgan fingerprint density at radius 1 is 0.622 bits per heavy atom. The van der Waals surface area contributed by atoms with E-state index >= 15 is 0 Å². The van der Waals surface area contributed by atoms with Crippen LogP contribution in [0.15, 0.2) is 0 Å². The van der Waals surface area contributed by atoms with Crippen LogP contribution in [0.3, 0.4) is 0 Å². The van der Waals surface area contributed by atoms with Crippen molar-refractivity contribution in [2.75, 3.05) is 0 Å². The molecule has 0 radical (unpaired) electrons. The summed E-state index contributed by atoms with van der Waals surface area (Å²) in [4.78, 5) is 0. The Hall–Kier alpha value is 0. The molecule has 0 N–H and O–H groups in total. The van der Waals surface area contributed by atoms with Gasteiger partial charge >= 0.3 is 0 Å². The molecule has 0 aromatic heterocycles. The number of rotatable bonds is 0. The lowest BCUT2D eigenvalue weighted by Crippen LogP contribution is -1.99. The Balaban J connectivity index is -0.0000000803. The highest BCUT2D eigenvalue weighted by Crippen LogP contribution is 2.22. The van der Waals surface area contributed by atoms with Gasteiger partial charge in [0, 0.05) is 38.4 Å². The summed E-state index contributed by atoms with van der Waals surface area (Å²) in [6.45, 7) is 7.60. The predicted octanol–water partition coefficient (Wildman–Crippen LogP) is 15.8. The van der Waals surface area contributed by atoms with Gasteiger partial charge in [-0.2, -0.15) is 0 Å². The second kappa shape index (κ2) is 52.4. The summed E-state index contributed by atoms with van der Waals surface area (Å²) in [6, 6.07) is 0. The zero-order chi connectivity index (χ0) is 56.1. The van der Waals surface area contributed by atoms with Crippen LogP contribution in [-0.2, 0) is 0 Å². The molecule has 0 aromatic carbocycles. The van der Waals surface area contributed by atoms with Crippen molar-refractivity contribution in [3.63, 3.8) is 0 Å². The van der Waals surface area contributed by atoms with Crippen LogP contribution in [0, 0.1) is 34.5 Å². The van der Waals surface area contributed by atoms with Crippen molar-refractivity contribution in [2.45, 2.75) is 211 Å². The number of hydrogen-bond acceptors (Lipinski definition) is 0. The molecule has 0 heterocycles. The van der Waals surface area contributed by atoms with Crippen LogP contribution >= 0.6 is 0 Å². The van der Waals surface area contributed by atoms with E-state index in [1.54, 1.807) is 6.92 Å². The lowest BCUT2D eigenvalue weighted by molar-refractivity contribution is 0.385. The van der Waals surface area contributed by atoms with E-state index in [1.165, 1.54) is 52.9 Å². The van der Waals surface area contributed by atoms with Gasteiger partial charge in [-0.15, -0.1) is 0 Å². The molecule has 0 amide bonds. The van der Waals surface area contributed by atoms with Gasteiger partial charge in [0.2, 0.25) is 0 Å². The molecule has 0 unspecified atom stereocenters. The minimum atomic E-state index is -3.05. The normalized spacial score (nSPS) is 25.8. The quantitative estimate of drug-likeness (QED) is 0.274. The molecule has 0 bridgehead atoms. The molecule has 0 saturated heterocycles. The molecule has 0 atom stereocenters. The maximum atomic E-state index is 7.10. The van der Waals surface area contributed by atoms with Gasteiger partial charge in [-0.1, -0.05) is 211 Å². The van der Waals surface area contributed by atoms with Gasteiger partial charge in [0.1, 0.15) is 0 Å². The third-order valence-electron chi connectivity index (χ3n) is 1.89. The molecule has 1 fully saturated rings. The second-order valence-corrected chi connectivity index (χ2v) is 9.95. The minimum absolute atomic E-state index is 0.500. The third kappa shape index (κ3) is 650. The van der Waals surface area contributed by atoms with Gasteiger partial charge in [0.25, 0.3) is 0 Å². The molecule has 0 aliphatic heterocycles. The molecule has 240 valence electrons. The zero-order valence-electron chi connectivity index (χ0n) is 56.1. The van der Waals surface area contributed by atoms with E-state index in [0.29, 0.717) is 12.3 Å². The Kier molecular flexibility index (Phi) is 21.7. The van der Waals surface area contributed by atoms with Crippen LogP contribution in [0.2, 0.25) is 0 Å². The van der Waals surface area contributed by atoms with Crippen molar-refractivity contribution in [3.8, 4) is 0 Å². The molecule has 0 spiro atoms. The van der Waals surface area contributed by atoms with E-state index in [0.717, 1.165) is 25.7 Å². The Bertz CT molecular complexity index is 935. The van der Waals surface area contributed by atoms with E-state index < -0.39 is 78.9 Å². The molecule has 0 nitrogen and oxygen atoms in total. The van der Waals surface area contributed by atoms with Crippen LogP contribution in [0.4, 0.5) is 0 Å². The van der Waals surface area contributed by atoms with E-state index in [1.807, 2.05) is 13.8 Å². The fraction of sp³-hybridized carbons (Fsp3) is 1.00. The summed E-state index contributed by atoms with van der Waals surface area (Å²) in [7, 11) is 0. The van der Waals surface area contributed by atoms with Crippen LogP contribution in [0.1, 0.15) is 250 Å². The second-order valence-electron chi connectivity index (χ2n) is 9.95. The maximum absolute atomic E-state index is 7.10.